The summed E-state index contributed by atoms with van der Waals surface area (Å²) in [5, 5.41) is 13.0. The van der Waals surface area contributed by atoms with Crippen molar-refractivity contribution in [2.45, 2.75) is 13.8 Å². The molecular weight excluding hydrogens is 288 g/mol. The lowest BCUT2D eigenvalue weighted by Gasteiger charge is -2.38. The second kappa shape index (κ2) is 4.97. The van der Waals surface area contributed by atoms with Crippen LogP contribution in [-0.2, 0) is 4.74 Å². The Balaban J connectivity index is 1.90. The Morgan fingerprint density at radius 3 is 2.87 bits per heavy atom. The smallest absolute Gasteiger partial charge is 0.157 e. The lowest BCUT2D eigenvalue weighted by atomic mass is 9.89. The molecule has 4 rings (SSSR count). The van der Waals surface area contributed by atoms with Crippen LogP contribution in [0, 0.1) is 23.7 Å². The van der Waals surface area contributed by atoms with Gasteiger partial charge >= 0.3 is 0 Å². The number of ether oxygens (including phenoxy) is 1. The van der Waals surface area contributed by atoms with Gasteiger partial charge in [-0.25, -0.2) is 4.98 Å². The Hall–Kier alpha value is -2.58. The molecule has 3 aromatic rings. The highest BCUT2D eigenvalue weighted by molar-refractivity contribution is 5.85. The second-order valence-electron chi connectivity index (χ2n) is 6.62. The number of aryl methyl sites for hydroxylation is 1. The van der Waals surface area contributed by atoms with Crippen LogP contribution in [0.3, 0.4) is 0 Å². The number of pyridine rings is 1. The van der Waals surface area contributed by atoms with E-state index in [4.69, 9.17) is 4.74 Å². The quantitative estimate of drug-likeness (QED) is 0.807. The van der Waals surface area contributed by atoms with E-state index < -0.39 is 0 Å². The number of aromatic nitrogens is 2. The molecule has 5 heteroatoms. The van der Waals surface area contributed by atoms with E-state index in [1.54, 1.807) is 0 Å². The summed E-state index contributed by atoms with van der Waals surface area (Å²) in [6.45, 7) is 6.56. The van der Waals surface area contributed by atoms with Crippen molar-refractivity contribution in [3.8, 4) is 6.07 Å². The first-order valence-corrected chi connectivity index (χ1v) is 7.74. The van der Waals surface area contributed by atoms with Crippen molar-refractivity contribution in [1.82, 2.24) is 9.38 Å². The summed E-state index contributed by atoms with van der Waals surface area (Å²) in [5.74, 6) is 0.971. The van der Waals surface area contributed by atoms with Gasteiger partial charge in [-0.3, -0.25) is 4.40 Å². The highest BCUT2D eigenvalue weighted by Gasteiger charge is 2.33. The van der Waals surface area contributed by atoms with Gasteiger partial charge in [0.2, 0.25) is 0 Å². The number of rotatable bonds is 3. The first kappa shape index (κ1) is 14.0. The van der Waals surface area contributed by atoms with Gasteiger partial charge < -0.3 is 10.1 Å². The second-order valence-corrected chi connectivity index (χ2v) is 6.62. The first-order valence-electron chi connectivity index (χ1n) is 7.74. The summed E-state index contributed by atoms with van der Waals surface area (Å²) < 4.78 is 7.37. The molecule has 0 bridgehead atoms. The van der Waals surface area contributed by atoms with E-state index in [0.29, 0.717) is 11.2 Å². The van der Waals surface area contributed by atoms with Gasteiger partial charge in [-0.1, -0.05) is 19.1 Å². The van der Waals surface area contributed by atoms with Gasteiger partial charge in [0.15, 0.2) is 5.65 Å². The van der Waals surface area contributed by atoms with Gasteiger partial charge in [0.05, 0.1) is 29.8 Å². The molecule has 1 aliphatic heterocycles. The van der Waals surface area contributed by atoms with Crippen LogP contribution in [0.2, 0.25) is 0 Å². The van der Waals surface area contributed by atoms with Crippen LogP contribution in [0.4, 0.5) is 5.82 Å². The minimum atomic E-state index is 0.171. The molecule has 0 amide bonds. The number of imidazole rings is 1. The van der Waals surface area contributed by atoms with E-state index in [1.165, 1.54) is 0 Å². The SMILES string of the molecule is Cc1cc(NCC2(C)COC2)n2c(nc3ccccc32)c1C#N. The molecule has 23 heavy (non-hydrogen) atoms. The maximum atomic E-state index is 9.50. The van der Waals surface area contributed by atoms with Gasteiger partial charge in [0.1, 0.15) is 11.9 Å². The van der Waals surface area contributed by atoms with Crippen molar-refractivity contribution in [2.75, 3.05) is 25.1 Å². The minimum absolute atomic E-state index is 0.171. The predicted molar refractivity (Wildman–Crippen MR) is 89.6 cm³/mol. The molecular formula is C18H18N4O. The van der Waals surface area contributed by atoms with Crippen molar-refractivity contribution in [3.05, 3.63) is 41.5 Å². The van der Waals surface area contributed by atoms with Crippen LogP contribution in [0.5, 0.6) is 0 Å². The highest BCUT2D eigenvalue weighted by atomic mass is 16.5. The molecule has 0 atom stereocenters. The molecule has 1 aliphatic rings. The molecule has 0 unspecified atom stereocenters. The van der Waals surface area contributed by atoms with E-state index in [0.717, 1.165) is 42.2 Å². The number of nitriles is 1. The molecule has 1 saturated heterocycles. The molecule has 2 aromatic heterocycles. The van der Waals surface area contributed by atoms with E-state index in [2.05, 4.69) is 23.3 Å². The Kier molecular flexibility index (Phi) is 3.03. The van der Waals surface area contributed by atoms with E-state index >= 15 is 0 Å². The number of anilines is 1. The Morgan fingerprint density at radius 1 is 1.39 bits per heavy atom. The predicted octanol–water partition coefficient (Wildman–Crippen LogP) is 3.12. The summed E-state index contributed by atoms with van der Waals surface area (Å²) in [7, 11) is 0. The molecule has 3 heterocycles. The van der Waals surface area contributed by atoms with Crippen LogP contribution >= 0.6 is 0 Å². The van der Waals surface area contributed by atoms with E-state index in [9.17, 15) is 5.26 Å². The molecule has 0 spiro atoms. The van der Waals surface area contributed by atoms with Gasteiger partial charge in [0, 0.05) is 12.0 Å². The van der Waals surface area contributed by atoms with Crippen LogP contribution < -0.4 is 5.32 Å². The van der Waals surface area contributed by atoms with Crippen molar-refractivity contribution in [3.63, 3.8) is 0 Å². The third-order valence-corrected chi connectivity index (χ3v) is 4.48. The monoisotopic (exact) mass is 306 g/mol. The maximum Gasteiger partial charge on any atom is 0.157 e. The maximum absolute atomic E-state index is 9.50. The zero-order chi connectivity index (χ0) is 16.0. The molecule has 0 saturated carbocycles. The topological polar surface area (TPSA) is 62.4 Å². The summed E-state index contributed by atoms with van der Waals surface area (Å²) >= 11 is 0. The fraction of sp³-hybridized carbons (Fsp3) is 0.333. The molecule has 116 valence electrons. The fourth-order valence-corrected chi connectivity index (χ4v) is 3.08. The minimum Gasteiger partial charge on any atom is -0.380 e. The van der Waals surface area contributed by atoms with E-state index in [-0.39, 0.29) is 5.41 Å². The molecule has 1 N–H and O–H groups in total. The van der Waals surface area contributed by atoms with Crippen LogP contribution in [0.1, 0.15) is 18.1 Å². The Labute approximate surface area is 134 Å². The number of nitrogens with one attached hydrogen (secondary N) is 1. The third-order valence-electron chi connectivity index (χ3n) is 4.48. The largest absolute Gasteiger partial charge is 0.380 e. The molecule has 1 fully saturated rings. The molecule has 5 nitrogen and oxygen atoms in total. The number of fused-ring (bicyclic) bond motifs is 3. The van der Waals surface area contributed by atoms with Crippen molar-refractivity contribution in [2.24, 2.45) is 5.41 Å². The van der Waals surface area contributed by atoms with Crippen LogP contribution in [0.25, 0.3) is 16.7 Å². The van der Waals surface area contributed by atoms with Crippen LogP contribution in [0.15, 0.2) is 30.3 Å². The summed E-state index contributed by atoms with van der Waals surface area (Å²) in [6, 6.07) is 12.3. The molecule has 0 radical (unpaired) electrons. The highest BCUT2D eigenvalue weighted by Crippen LogP contribution is 2.30. The Morgan fingerprint density at radius 2 is 2.17 bits per heavy atom. The lowest BCUT2D eigenvalue weighted by molar-refractivity contribution is -0.0924. The zero-order valence-corrected chi connectivity index (χ0v) is 13.3. The number of para-hydroxylation sites is 2. The third kappa shape index (κ3) is 2.14. The number of hydrogen-bond donors (Lipinski definition) is 1. The van der Waals surface area contributed by atoms with Gasteiger partial charge in [-0.05, 0) is 30.7 Å². The van der Waals surface area contributed by atoms with Gasteiger partial charge in [-0.2, -0.15) is 5.26 Å². The van der Waals surface area contributed by atoms with Gasteiger partial charge in [0.25, 0.3) is 0 Å². The average Bonchev–Trinajstić information content (AvgIpc) is 2.90. The summed E-state index contributed by atoms with van der Waals surface area (Å²) in [6.07, 6.45) is 0. The van der Waals surface area contributed by atoms with Crippen molar-refractivity contribution < 1.29 is 4.74 Å². The summed E-state index contributed by atoms with van der Waals surface area (Å²) in [5.41, 5.74) is 4.36. The lowest BCUT2D eigenvalue weighted by Crippen LogP contribution is -2.45. The Bertz CT molecular complexity index is 947. The number of hydrogen-bond acceptors (Lipinski definition) is 4. The van der Waals surface area contributed by atoms with Gasteiger partial charge in [-0.15, -0.1) is 0 Å². The fourth-order valence-electron chi connectivity index (χ4n) is 3.08. The van der Waals surface area contributed by atoms with Crippen molar-refractivity contribution in [1.29, 1.82) is 5.26 Å². The molecule has 1 aromatic carbocycles. The first-order chi connectivity index (χ1) is 11.1. The van der Waals surface area contributed by atoms with E-state index in [1.807, 2.05) is 41.7 Å². The normalized spacial score (nSPS) is 16.2. The number of benzene rings is 1. The standard InChI is InChI=1S/C18H18N4O/c1-12-7-16(20-9-18(2)10-23-11-18)22-15-6-4-3-5-14(15)21-17(22)13(12)8-19/h3-7,20H,9-11H2,1-2H3. The van der Waals surface area contributed by atoms with Crippen molar-refractivity contribution >= 4 is 22.5 Å². The van der Waals surface area contributed by atoms with Crippen LogP contribution in [-0.4, -0.2) is 29.1 Å². The average molecular weight is 306 g/mol. The number of nitrogens with zero attached hydrogens (tertiary/aromatic N) is 3. The zero-order valence-electron chi connectivity index (χ0n) is 13.3. The summed E-state index contributed by atoms with van der Waals surface area (Å²) in [4.78, 5) is 4.66. The molecule has 0 aliphatic carbocycles.